The average Bonchev–Trinajstić information content (AvgIpc) is 2.00. The molecule has 62 valence electrons. The first-order valence-electron chi connectivity index (χ1n) is 3.49. The summed E-state index contributed by atoms with van der Waals surface area (Å²) in [7, 11) is 2.53. The molecule has 1 aliphatic rings. The summed E-state index contributed by atoms with van der Waals surface area (Å²) < 4.78 is 21.8. The Bertz CT molecular complexity index is 60.0. The Kier molecular flexibility index (Phi) is 5.49. The van der Waals surface area contributed by atoms with E-state index in [0.29, 0.717) is 7.18 Å². The Hall–Kier alpha value is -0.180. The lowest BCUT2D eigenvalue weighted by Crippen LogP contribution is -2.30. The van der Waals surface area contributed by atoms with Crippen LogP contribution >= 0.6 is 0 Å². The second-order valence-electron chi connectivity index (χ2n) is 2.48. The number of halogens is 2. The van der Waals surface area contributed by atoms with Crippen molar-refractivity contribution in [2.24, 2.45) is 0 Å². The molecule has 1 fully saturated rings. The van der Waals surface area contributed by atoms with E-state index < -0.39 is 6.17 Å². The minimum atomic E-state index is -0.522. The van der Waals surface area contributed by atoms with Gasteiger partial charge in [0, 0.05) is 13.1 Å². The highest BCUT2D eigenvalue weighted by atomic mass is 19.1. The van der Waals surface area contributed by atoms with Crippen LogP contribution in [0.3, 0.4) is 0 Å². The average molecular weight is 151 g/mol. The van der Waals surface area contributed by atoms with Crippen LogP contribution in [0.25, 0.3) is 0 Å². The topological polar surface area (TPSA) is 3.24 Å². The van der Waals surface area contributed by atoms with Gasteiger partial charge >= 0.3 is 0 Å². The summed E-state index contributed by atoms with van der Waals surface area (Å²) in [5.41, 5.74) is 0. The quantitative estimate of drug-likeness (QED) is 0.508. The molecule has 0 radical (unpaired) electrons. The summed E-state index contributed by atoms with van der Waals surface area (Å²) in [6.07, 6.45) is 0.943. The highest BCUT2D eigenvalue weighted by Gasteiger charge is 2.14. The van der Waals surface area contributed by atoms with Gasteiger partial charge in [0.05, 0.1) is 7.18 Å². The van der Waals surface area contributed by atoms with Gasteiger partial charge in [-0.05, 0) is 19.9 Å². The Morgan fingerprint density at radius 2 is 1.60 bits per heavy atom. The van der Waals surface area contributed by atoms with Crippen molar-refractivity contribution in [3.05, 3.63) is 0 Å². The van der Waals surface area contributed by atoms with E-state index in [1.807, 2.05) is 7.05 Å². The van der Waals surface area contributed by atoms with E-state index in [4.69, 9.17) is 0 Å². The van der Waals surface area contributed by atoms with Crippen molar-refractivity contribution in [3.8, 4) is 0 Å². The molecule has 0 unspecified atom stereocenters. The van der Waals surface area contributed by atoms with Crippen LogP contribution in [0.2, 0.25) is 0 Å². The largest absolute Gasteiger partial charge is 0.306 e. The first-order valence-corrected chi connectivity index (χ1v) is 3.49. The van der Waals surface area contributed by atoms with E-state index in [2.05, 4.69) is 4.90 Å². The monoisotopic (exact) mass is 151 g/mol. The third kappa shape index (κ3) is 3.77. The predicted octanol–water partition coefficient (Wildman–Crippen LogP) is 1.64. The molecule has 0 atom stereocenters. The fourth-order valence-corrected chi connectivity index (χ4v) is 0.977. The highest BCUT2D eigenvalue weighted by Crippen LogP contribution is 2.10. The minimum absolute atomic E-state index is 0.500. The fourth-order valence-electron chi connectivity index (χ4n) is 0.977. The lowest BCUT2D eigenvalue weighted by Gasteiger charge is -2.23. The molecular weight excluding hydrogens is 136 g/mol. The van der Waals surface area contributed by atoms with Gasteiger partial charge in [-0.3, -0.25) is 4.39 Å². The zero-order chi connectivity index (χ0) is 7.98. The van der Waals surface area contributed by atoms with E-state index in [9.17, 15) is 8.78 Å². The van der Waals surface area contributed by atoms with Gasteiger partial charge in [0.1, 0.15) is 6.17 Å². The number of hydrogen-bond acceptors (Lipinski definition) is 1. The zero-order valence-electron chi connectivity index (χ0n) is 6.61. The first kappa shape index (κ1) is 9.82. The van der Waals surface area contributed by atoms with Crippen molar-refractivity contribution in [3.63, 3.8) is 0 Å². The molecule has 1 heterocycles. The third-order valence-corrected chi connectivity index (χ3v) is 1.65. The second-order valence-corrected chi connectivity index (χ2v) is 2.48. The Labute approximate surface area is 61.0 Å². The molecule has 0 aromatic carbocycles. The predicted molar refractivity (Wildman–Crippen MR) is 38.7 cm³/mol. The van der Waals surface area contributed by atoms with Gasteiger partial charge in [0.2, 0.25) is 0 Å². The fraction of sp³-hybridized carbons (Fsp3) is 1.00. The van der Waals surface area contributed by atoms with Crippen LogP contribution in [0, 0.1) is 0 Å². The highest BCUT2D eigenvalue weighted by molar-refractivity contribution is 4.67. The van der Waals surface area contributed by atoms with Crippen molar-refractivity contribution in [2.45, 2.75) is 19.0 Å². The summed E-state index contributed by atoms with van der Waals surface area (Å²) in [4.78, 5) is 2.16. The van der Waals surface area contributed by atoms with Crippen LogP contribution < -0.4 is 0 Å². The van der Waals surface area contributed by atoms with Gasteiger partial charge in [-0.25, -0.2) is 4.39 Å². The number of likely N-dealkylation sites (tertiary alicyclic amines) is 1. The molecule has 1 saturated heterocycles. The molecule has 0 saturated carbocycles. The summed E-state index contributed by atoms with van der Waals surface area (Å²) in [6, 6.07) is 0. The van der Waals surface area contributed by atoms with Crippen molar-refractivity contribution < 1.29 is 8.78 Å². The lowest BCUT2D eigenvalue weighted by molar-refractivity contribution is 0.174. The van der Waals surface area contributed by atoms with E-state index in [0.717, 1.165) is 25.9 Å². The summed E-state index contributed by atoms with van der Waals surface area (Å²) in [5.74, 6) is 0. The number of alkyl halides is 2. The van der Waals surface area contributed by atoms with E-state index >= 15 is 0 Å². The molecule has 0 aromatic rings. The van der Waals surface area contributed by atoms with Crippen LogP contribution in [0.15, 0.2) is 0 Å². The molecule has 3 heteroatoms. The maximum absolute atomic E-state index is 12.3. The molecule has 10 heavy (non-hydrogen) atoms. The normalized spacial score (nSPS) is 21.6. The minimum Gasteiger partial charge on any atom is -0.306 e. The molecule has 1 rings (SSSR count). The molecule has 1 aliphatic heterocycles. The molecule has 1 nitrogen and oxygen atoms in total. The molecule has 0 aliphatic carbocycles. The SMILES string of the molecule is CF.CN1CCC(F)CC1. The zero-order valence-corrected chi connectivity index (χ0v) is 6.61. The molecule has 0 spiro atoms. The number of hydrogen-bond donors (Lipinski definition) is 0. The summed E-state index contributed by atoms with van der Waals surface area (Å²) in [6.45, 7) is 1.86. The van der Waals surface area contributed by atoms with E-state index in [1.54, 1.807) is 0 Å². The van der Waals surface area contributed by atoms with Crippen molar-refractivity contribution >= 4 is 0 Å². The number of rotatable bonds is 0. The first-order chi connectivity index (χ1) is 4.79. The smallest absolute Gasteiger partial charge is 0.103 e. The summed E-state index contributed by atoms with van der Waals surface area (Å²) >= 11 is 0. The maximum Gasteiger partial charge on any atom is 0.103 e. The number of piperidine rings is 1. The van der Waals surface area contributed by atoms with Gasteiger partial charge in [0.25, 0.3) is 0 Å². The Morgan fingerprint density at radius 1 is 1.20 bits per heavy atom. The van der Waals surface area contributed by atoms with Crippen LogP contribution in [0.1, 0.15) is 12.8 Å². The van der Waals surface area contributed by atoms with Gasteiger partial charge in [-0.2, -0.15) is 0 Å². The van der Waals surface area contributed by atoms with E-state index in [-0.39, 0.29) is 0 Å². The van der Waals surface area contributed by atoms with Gasteiger partial charge < -0.3 is 4.90 Å². The third-order valence-electron chi connectivity index (χ3n) is 1.65. The standard InChI is InChI=1S/C6H12FN.CH3F/c1-8-4-2-6(7)3-5-8;1-2/h6H,2-5H2,1H3;1H3. The maximum atomic E-state index is 12.3. The molecule has 0 amide bonds. The Balaban J connectivity index is 0.000000371. The van der Waals surface area contributed by atoms with E-state index in [1.165, 1.54) is 0 Å². The molecular formula is C7H15F2N. The van der Waals surface area contributed by atoms with Crippen LogP contribution in [-0.2, 0) is 0 Å². The number of nitrogens with zero attached hydrogens (tertiary/aromatic N) is 1. The van der Waals surface area contributed by atoms with Crippen LogP contribution in [-0.4, -0.2) is 38.4 Å². The Morgan fingerprint density at radius 3 is 1.90 bits per heavy atom. The van der Waals surface area contributed by atoms with Gasteiger partial charge in [0.15, 0.2) is 0 Å². The second kappa shape index (κ2) is 5.59. The lowest BCUT2D eigenvalue weighted by atomic mass is 10.1. The van der Waals surface area contributed by atoms with Gasteiger partial charge in [-0.1, -0.05) is 0 Å². The molecule has 0 aromatic heterocycles. The summed E-state index contributed by atoms with van der Waals surface area (Å²) in [5, 5.41) is 0. The molecule has 0 bridgehead atoms. The van der Waals surface area contributed by atoms with Crippen molar-refractivity contribution in [2.75, 3.05) is 27.3 Å². The van der Waals surface area contributed by atoms with Gasteiger partial charge in [-0.15, -0.1) is 0 Å². The molecule has 0 N–H and O–H groups in total. The van der Waals surface area contributed by atoms with Crippen molar-refractivity contribution in [1.82, 2.24) is 4.90 Å². The van der Waals surface area contributed by atoms with Crippen LogP contribution in [0.4, 0.5) is 8.78 Å². The van der Waals surface area contributed by atoms with Crippen LogP contribution in [0.5, 0.6) is 0 Å². The van der Waals surface area contributed by atoms with Crippen molar-refractivity contribution in [1.29, 1.82) is 0 Å².